The molecule has 1 aromatic carbocycles. The van der Waals surface area contributed by atoms with Gasteiger partial charge in [0.25, 0.3) is 5.92 Å². The Kier molecular flexibility index (Phi) is 6.23. The van der Waals surface area contributed by atoms with Crippen LogP contribution in [-0.2, 0) is 11.4 Å². The Morgan fingerprint density at radius 1 is 1.23 bits per heavy atom. The van der Waals surface area contributed by atoms with Crippen LogP contribution in [0.2, 0.25) is 0 Å². The van der Waals surface area contributed by atoms with Gasteiger partial charge in [0.15, 0.2) is 0 Å². The van der Waals surface area contributed by atoms with Crippen molar-refractivity contribution in [2.75, 3.05) is 37.7 Å². The zero-order valence-corrected chi connectivity index (χ0v) is 18.4. The Hall–Kier alpha value is -2.17. The molecule has 0 radical (unpaired) electrons. The van der Waals surface area contributed by atoms with Crippen LogP contribution in [0.1, 0.15) is 20.3 Å². The number of hydrogen-bond acceptors (Lipinski definition) is 6. The lowest BCUT2D eigenvalue weighted by Crippen LogP contribution is -2.50. The molecule has 2 atom stereocenters. The Labute approximate surface area is 182 Å². The molecule has 10 heteroatoms. The number of alkyl halides is 2. The molecule has 1 saturated heterocycles. The molecule has 0 spiro atoms. The first-order valence-corrected chi connectivity index (χ1v) is 11.5. The highest BCUT2D eigenvalue weighted by molar-refractivity contribution is 7.89. The molecule has 31 heavy (non-hydrogen) atoms. The van der Waals surface area contributed by atoms with Gasteiger partial charge in [-0.3, -0.25) is 4.79 Å². The van der Waals surface area contributed by atoms with E-state index in [0.717, 1.165) is 0 Å². The maximum atomic E-state index is 13.4. The summed E-state index contributed by atoms with van der Waals surface area (Å²) in [6.45, 7) is 5.80. The average molecular weight is 453 g/mol. The number of aromatic nitrogens is 2. The maximum Gasteiger partial charge on any atom is 0.316 e. The van der Waals surface area contributed by atoms with E-state index in [4.69, 9.17) is 4.74 Å². The van der Waals surface area contributed by atoms with E-state index in [9.17, 15) is 18.1 Å². The van der Waals surface area contributed by atoms with Gasteiger partial charge in [0.05, 0.1) is 37.5 Å². The Morgan fingerprint density at radius 3 is 2.45 bits per heavy atom. The van der Waals surface area contributed by atoms with Crippen LogP contribution < -0.4 is 15.2 Å². The van der Waals surface area contributed by atoms with Gasteiger partial charge in [0, 0.05) is 30.9 Å². The fourth-order valence-electron chi connectivity index (χ4n) is 3.58. The molecule has 2 fully saturated rings. The highest BCUT2D eigenvalue weighted by atomic mass is 32.2. The van der Waals surface area contributed by atoms with Gasteiger partial charge in [-0.15, -0.1) is 4.31 Å². The van der Waals surface area contributed by atoms with Crippen molar-refractivity contribution in [3.8, 4) is 11.4 Å². The summed E-state index contributed by atoms with van der Waals surface area (Å²) in [5.41, 5.74) is 0.565. The molecular formula is C21H26F2N4O3S. The SMILES string of the molecule is CC(C)[S+]([O-])N1CCN(c2cnn(-c3ccccc3)c(=O)c2OCC2CC2(F)F)CC1. The number of piperazine rings is 1. The van der Waals surface area contributed by atoms with E-state index in [1.54, 1.807) is 30.5 Å². The van der Waals surface area contributed by atoms with Crippen molar-refractivity contribution in [3.05, 3.63) is 46.9 Å². The van der Waals surface area contributed by atoms with Crippen molar-refractivity contribution in [1.29, 1.82) is 0 Å². The van der Waals surface area contributed by atoms with Crippen LogP contribution in [0, 0.1) is 5.92 Å². The van der Waals surface area contributed by atoms with Gasteiger partial charge in [0.1, 0.15) is 10.9 Å². The number of anilines is 1. The lowest BCUT2D eigenvalue weighted by Gasteiger charge is -2.36. The van der Waals surface area contributed by atoms with E-state index >= 15 is 0 Å². The van der Waals surface area contributed by atoms with Crippen LogP contribution in [0.25, 0.3) is 5.69 Å². The lowest BCUT2D eigenvalue weighted by molar-refractivity contribution is 0.0853. The molecule has 4 rings (SSSR count). The van der Waals surface area contributed by atoms with Gasteiger partial charge in [-0.25, -0.2) is 8.78 Å². The second kappa shape index (κ2) is 8.76. The second-order valence-electron chi connectivity index (χ2n) is 8.13. The number of halogens is 2. The largest absolute Gasteiger partial charge is 0.598 e. The lowest BCUT2D eigenvalue weighted by atomic mass is 10.3. The predicted molar refractivity (Wildman–Crippen MR) is 115 cm³/mol. The number of para-hydroxylation sites is 1. The number of benzene rings is 1. The van der Waals surface area contributed by atoms with Crippen LogP contribution in [0.5, 0.6) is 5.75 Å². The predicted octanol–water partition coefficient (Wildman–Crippen LogP) is 2.46. The summed E-state index contributed by atoms with van der Waals surface area (Å²) in [5.74, 6) is -3.57. The Balaban J connectivity index is 1.59. The summed E-state index contributed by atoms with van der Waals surface area (Å²) in [6, 6.07) is 8.89. The molecule has 0 bridgehead atoms. The third kappa shape index (κ3) is 4.70. The molecule has 2 unspecified atom stereocenters. The summed E-state index contributed by atoms with van der Waals surface area (Å²) in [6.07, 6.45) is 1.32. The first-order chi connectivity index (χ1) is 14.8. The Bertz CT molecular complexity index is 965. The molecular weight excluding hydrogens is 426 g/mol. The van der Waals surface area contributed by atoms with Gasteiger partial charge >= 0.3 is 5.56 Å². The van der Waals surface area contributed by atoms with Crippen molar-refractivity contribution in [2.45, 2.75) is 31.4 Å². The minimum atomic E-state index is -2.72. The van der Waals surface area contributed by atoms with Crippen LogP contribution in [-0.4, -0.2) is 62.6 Å². The quantitative estimate of drug-likeness (QED) is 0.601. The molecule has 1 saturated carbocycles. The molecule has 168 valence electrons. The maximum absolute atomic E-state index is 13.4. The van der Waals surface area contributed by atoms with E-state index in [0.29, 0.717) is 37.6 Å². The van der Waals surface area contributed by atoms with Gasteiger partial charge in [-0.2, -0.15) is 9.78 Å². The van der Waals surface area contributed by atoms with Crippen molar-refractivity contribution in [2.24, 2.45) is 5.92 Å². The number of rotatable bonds is 7. The van der Waals surface area contributed by atoms with E-state index in [1.165, 1.54) is 4.68 Å². The fourth-order valence-corrected chi connectivity index (χ4v) is 4.70. The van der Waals surface area contributed by atoms with Crippen LogP contribution in [0.4, 0.5) is 14.5 Å². The first-order valence-electron chi connectivity index (χ1n) is 10.4. The summed E-state index contributed by atoms with van der Waals surface area (Å²) in [7, 11) is 0. The van der Waals surface area contributed by atoms with Gasteiger partial charge < -0.3 is 14.2 Å². The normalized spacial score (nSPS) is 21.9. The monoisotopic (exact) mass is 452 g/mol. The highest BCUT2D eigenvalue weighted by Gasteiger charge is 2.57. The van der Waals surface area contributed by atoms with Crippen molar-refractivity contribution >= 4 is 17.0 Å². The molecule has 2 heterocycles. The molecule has 1 aromatic heterocycles. The summed E-state index contributed by atoms with van der Waals surface area (Å²) >= 11 is -1.07. The molecule has 1 aliphatic carbocycles. The van der Waals surface area contributed by atoms with Crippen LogP contribution in [0.3, 0.4) is 0 Å². The Morgan fingerprint density at radius 2 is 1.87 bits per heavy atom. The smallest absolute Gasteiger partial charge is 0.316 e. The molecule has 2 aliphatic rings. The standard InChI is InChI=1S/C21H26F2N4O3S/c1-15(2)31(29)26-10-8-25(9-11-26)18-13-24-27(17-6-4-3-5-7-17)20(28)19(18)30-14-16-12-21(16,22)23/h3-7,13,15-16H,8-12,14H2,1-2H3. The van der Waals surface area contributed by atoms with E-state index in [-0.39, 0.29) is 24.0 Å². The molecule has 1 aliphatic heterocycles. The topological polar surface area (TPSA) is 73.7 Å². The van der Waals surface area contributed by atoms with Crippen molar-refractivity contribution < 1.29 is 18.1 Å². The minimum absolute atomic E-state index is 0.0278. The van der Waals surface area contributed by atoms with Crippen molar-refractivity contribution in [3.63, 3.8) is 0 Å². The summed E-state index contributed by atoms with van der Waals surface area (Å²) in [5, 5.41) is 4.33. The van der Waals surface area contributed by atoms with E-state index in [2.05, 4.69) is 5.10 Å². The fraction of sp³-hybridized carbons (Fsp3) is 0.524. The number of ether oxygens (including phenoxy) is 1. The summed E-state index contributed by atoms with van der Waals surface area (Å²) in [4.78, 5) is 15.1. The van der Waals surface area contributed by atoms with E-state index < -0.39 is 28.8 Å². The zero-order chi connectivity index (χ0) is 22.2. The summed E-state index contributed by atoms with van der Waals surface area (Å²) < 4.78 is 47.9. The number of hydrogen-bond donors (Lipinski definition) is 0. The third-order valence-electron chi connectivity index (χ3n) is 5.54. The molecule has 0 N–H and O–H groups in total. The molecule has 7 nitrogen and oxygen atoms in total. The highest BCUT2D eigenvalue weighted by Crippen LogP contribution is 2.48. The average Bonchev–Trinajstić information content (AvgIpc) is 3.39. The van der Waals surface area contributed by atoms with E-state index in [1.807, 2.05) is 29.1 Å². The van der Waals surface area contributed by atoms with Crippen molar-refractivity contribution in [1.82, 2.24) is 14.1 Å². The van der Waals surface area contributed by atoms with Gasteiger partial charge in [-0.05, 0) is 26.0 Å². The molecule has 0 amide bonds. The van der Waals surface area contributed by atoms with Crippen LogP contribution >= 0.6 is 0 Å². The zero-order valence-electron chi connectivity index (χ0n) is 17.5. The van der Waals surface area contributed by atoms with Crippen LogP contribution in [0.15, 0.2) is 41.3 Å². The minimum Gasteiger partial charge on any atom is -0.598 e. The second-order valence-corrected chi connectivity index (χ2v) is 10.1. The van der Waals surface area contributed by atoms with Gasteiger partial charge in [0.2, 0.25) is 5.75 Å². The first kappa shape index (κ1) is 22.0. The molecule has 2 aromatic rings. The van der Waals surface area contributed by atoms with Gasteiger partial charge in [-0.1, -0.05) is 18.2 Å². The number of nitrogens with zero attached hydrogens (tertiary/aromatic N) is 4. The third-order valence-corrected chi connectivity index (χ3v) is 7.22.